The number of aromatic nitrogens is 1. The summed E-state index contributed by atoms with van der Waals surface area (Å²) in [5, 5.41) is 10.4. The molecule has 0 saturated carbocycles. The maximum absolute atomic E-state index is 13.1. The number of fused-ring (bicyclic) bond motifs is 1. The van der Waals surface area contributed by atoms with Crippen molar-refractivity contribution in [3.8, 4) is 0 Å². The molecule has 0 fully saturated rings. The van der Waals surface area contributed by atoms with Crippen LogP contribution in [0.3, 0.4) is 0 Å². The largest absolute Gasteiger partial charge is 0.361 e. The first-order valence-electron chi connectivity index (χ1n) is 9.75. The van der Waals surface area contributed by atoms with Gasteiger partial charge in [0.2, 0.25) is 0 Å². The van der Waals surface area contributed by atoms with Gasteiger partial charge in [-0.1, -0.05) is 35.5 Å². The summed E-state index contributed by atoms with van der Waals surface area (Å²) >= 11 is 1.51. The van der Waals surface area contributed by atoms with E-state index in [1.54, 1.807) is 13.8 Å². The Balaban J connectivity index is 1.61. The first kappa shape index (κ1) is 19.4. The molecular weight excluding hydrogens is 386 g/mol. The van der Waals surface area contributed by atoms with Gasteiger partial charge in [0, 0.05) is 11.4 Å². The molecule has 29 heavy (non-hydrogen) atoms. The molecule has 2 aromatic heterocycles. The maximum Gasteiger partial charge on any atom is 0.261 e. The molecule has 7 heteroatoms. The number of nitrogens with zero attached hydrogens (tertiary/aromatic N) is 1. The highest BCUT2D eigenvalue weighted by molar-refractivity contribution is 7.17. The molecule has 6 nitrogen and oxygen atoms in total. The number of aryl methyl sites for hydroxylation is 3. The predicted octanol–water partition coefficient (Wildman–Crippen LogP) is 4.41. The Labute approximate surface area is 173 Å². The van der Waals surface area contributed by atoms with E-state index in [4.69, 9.17) is 4.52 Å². The van der Waals surface area contributed by atoms with Crippen molar-refractivity contribution in [2.24, 2.45) is 0 Å². The minimum atomic E-state index is -0.294. The van der Waals surface area contributed by atoms with Crippen LogP contribution in [-0.2, 0) is 19.4 Å². The number of thiophene rings is 1. The van der Waals surface area contributed by atoms with Crippen molar-refractivity contribution in [3.05, 3.63) is 68.9 Å². The van der Waals surface area contributed by atoms with Crippen LogP contribution in [0.1, 0.15) is 61.0 Å². The van der Waals surface area contributed by atoms with Crippen LogP contribution in [0.15, 0.2) is 34.9 Å². The number of hydrogen-bond donors (Lipinski definition) is 2. The van der Waals surface area contributed by atoms with Gasteiger partial charge in [0.25, 0.3) is 11.8 Å². The lowest BCUT2D eigenvalue weighted by atomic mass is 9.95. The van der Waals surface area contributed by atoms with Crippen LogP contribution in [0.4, 0.5) is 5.00 Å². The molecule has 2 heterocycles. The molecular formula is C22H23N3O3S. The van der Waals surface area contributed by atoms with Crippen molar-refractivity contribution < 1.29 is 14.1 Å². The highest BCUT2D eigenvalue weighted by Gasteiger charge is 2.27. The Hall–Kier alpha value is -2.93. The molecule has 0 bridgehead atoms. The number of benzene rings is 1. The summed E-state index contributed by atoms with van der Waals surface area (Å²) in [5.74, 6) is 0.0238. The number of carbonyl (C=O) groups excluding carboxylic acids is 2. The van der Waals surface area contributed by atoms with Gasteiger partial charge in [-0.25, -0.2) is 0 Å². The predicted molar refractivity (Wildman–Crippen MR) is 113 cm³/mol. The van der Waals surface area contributed by atoms with E-state index in [-0.39, 0.29) is 11.8 Å². The highest BCUT2D eigenvalue weighted by atomic mass is 32.1. The molecule has 3 aromatic rings. The van der Waals surface area contributed by atoms with Gasteiger partial charge in [-0.2, -0.15) is 0 Å². The summed E-state index contributed by atoms with van der Waals surface area (Å²) in [7, 11) is 0. The Morgan fingerprint density at radius 2 is 1.83 bits per heavy atom. The lowest BCUT2D eigenvalue weighted by Crippen LogP contribution is -2.25. The second-order valence-electron chi connectivity index (χ2n) is 7.24. The SMILES string of the molecule is Cc1noc(C)c1C(=O)Nc1sc2c(c1C(=O)NCc1ccccc1)CCCC2. The minimum absolute atomic E-state index is 0.151. The lowest BCUT2D eigenvalue weighted by molar-refractivity contribution is 0.0951. The second kappa shape index (κ2) is 8.21. The summed E-state index contributed by atoms with van der Waals surface area (Å²) in [4.78, 5) is 27.1. The molecule has 0 unspecified atom stereocenters. The van der Waals surface area contributed by atoms with E-state index >= 15 is 0 Å². The summed E-state index contributed by atoms with van der Waals surface area (Å²) in [6, 6.07) is 9.79. The van der Waals surface area contributed by atoms with Crippen LogP contribution in [0, 0.1) is 13.8 Å². The van der Waals surface area contributed by atoms with E-state index in [2.05, 4.69) is 15.8 Å². The van der Waals surface area contributed by atoms with Crippen LogP contribution < -0.4 is 10.6 Å². The first-order chi connectivity index (χ1) is 14.0. The Morgan fingerprint density at radius 1 is 1.07 bits per heavy atom. The van der Waals surface area contributed by atoms with Gasteiger partial charge in [-0.15, -0.1) is 11.3 Å². The van der Waals surface area contributed by atoms with E-state index in [9.17, 15) is 9.59 Å². The van der Waals surface area contributed by atoms with E-state index in [1.807, 2.05) is 30.3 Å². The van der Waals surface area contributed by atoms with Crippen LogP contribution in [0.5, 0.6) is 0 Å². The number of amides is 2. The Morgan fingerprint density at radius 3 is 2.55 bits per heavy atom. The van der Waals surface area contributed by atoms with E-state index in [0.29, 0.717) is 34.1 Å². The molecule has 150 valence electrons. The van der Waals surface area contributed by atoms with Crippen LogP contribution in [-0.4, -0.2) is 17.0 Å². The number of rotatable bonds is 5. The van der Waals surface area contributed by atoms with Gasteiger partial charge in [-0.3, -0.25) is 9.59 Å². The monoisotopic (exact) mass is 409 g/mol. The van der Waals surface area contributed by atoms with E-state index in [0.717, 1.165) is 36.8 Å². The Kier molecular flexibility index (Phi) is 5.49. The van der Waals surface area contributed by atoms with Crippen molar-refractivity contribution in [1.29, 1.82) is 0 Å². The standard InChI is InChI=1S/C22H23N3O3S/c1-13-18(14(2)28-25-13)21(27)24-22-19(16-10-6-7-11-17(16)29-22)20(26)23-12-15-8-4-3-5-9-15/h3-5,8-9H,6-7,10-12H2,1-2H3,(H,23,26)(H,24,27). The number of hydrogen-bond acceptors (Lipinski definition) is 5. The molecule has 2 amide bonds. The molecule has 0 spiro atoms. The smallest absolute Gasteiger partial charge is 0.261 e. The average molecular weight is 410 g/mol. The topological polar surface area (TPSA) is 84.2 Å². The van der Waals surface area contributed by atoms with Gasteiger partial charge in [0.15, 0.2) is 0 Å². The molecule has 0 saturated heterocycles. The molecule has 1 aliphatic rings. The molecule has 1 aliphatic carbocycles. The van der Waals surface area contributed by atoms with Gasteiger partial charge in [0.05, 0.1) is 11.3 Å². The van der Waals surface area contributed by atoms with Crippen molar-refractivity contribution in [2.45, 2.75) is 46.1 Å². The molecule has 4 rings (SSSR count). The molecule has 1 aromatic carbocycles. The quantitative estimate of drug-likeness (QED) is 0.654. The van der Waals surface area contributed by atoms with Crippen LogP contribution >= 0.6 is 11.3 Å². The van der Waals surface area contributed by atoms with E-state index in [1.165, 1.54) is 16.2 Å². The third-order valence-electron chi connectivity index (χ3n) is 5.18. The van der Waals surface area contributed by atoms with Crippen molar-refractivity contribution >= 4 is 28.2 Å². The van der Waals surface area contributed by atoms with Crippen molar-refractivity contribution in [3.63, 3.8) is 0 Å². The zero-order chi connectivity index (χ0) is 20.4. The fraction of sp³-hybridized carbons (Fsp3) is 0.318. The summed E-state index contributed by atoms with van der Waals surface area (Å²) in [6.45, 7) is 3.89. The van der Waals surface area contributed by atoms with Crippen molar-refractivity contribution in [1.82, 2.24) is 10.5 Å². The van der Waals surface area contributed by atoms with Crippen LogP contribution in [0.25, 0.3) is 0 Å². The third-order valence-corrected chi connectivity index (χ3v) is 6.39. The minimum Gasteiger partial charge on any atom is -0.361 e. The molecule has 2 N–H and O–H groups in total. The zero-order valence-electron chi connectivity index (χ0n) is 16.5. The van der Waals surface area contributed by atoms with Crippen LogP contribution in [0.2, 0.25) is 0 Å². The zero-order valence-corrected chi connectivity index (χ0v) is 17.3. The molecule has 0 radical (unpaired) electrons. The van der Waals surface area contributed by atoms with Gasteiger partial charge < -0.3 is 15.2 Å². The molecule has 0 atom stereocenters. The fourth-order valence-corrected chi connectivity index (χ4v) is 5.02. The summed E-state index contributed by atoms with van der Waals surface area (Å²) < 4.78 is 5.11. The van der Waals surface area contributed by atoms with Crippen molar-refractivity contribution in [2.75, 3.05) is 5.32 Å². The van der Waals surface area contributed by atoms with Gasteiger partial charge in [-0.05, 0) is 50.7 Å². The molecule has 0 aliphatic heterocycles. The first-order valence-corrected chi connectivity index (χ1v) is 10.6. The second-order valence-corrected chi connectivity index (χ2v) is 8.34. The fourth-order valence-electron chi connectivity index (χ4n) is 3.73. The van der Waals surface area contributed by atoms with E-state index < -0.39 is 0 Å². The summed E-state index contributed by atoms with van der Waals surface area (Å²) in [5.41, 5.74) is 3.66. The maximum atomic E-state index is 13.1. The average Bonchev–Trinajstić information content (AvgIpc) is 3.25. The Bertz CT molecular complexity index is 1030. The van der Waals surface area contributed by atoms with Gasteiger partial charge in [0.1, 0.15) is 16.3 Å². The lowest BCUT2D eigenvalue weighted by Gasteiger charge is -2.13. The number of carbonyl (C=O) groups is 2. The third kappa shape index (κ3) is 3.96. The highest BCUT2D eigenvalue weighted by Crippen LogP contribution is 2.38. The number of anilines is 1. The normalized spacial score (nSPS) is 13.0. The number of nitrogens with one attached hydrogen (secondary N) is 2. The van der Waals surface area contributed by atoms with Gasteiger partial charge >= 0.3 is 0 Å². The summed E-state index contributed by atoms with van der Waals surface area (Å²) in [6.07, 6.45) is 3.97.